The van der Waals surface area contributed by atoms with Gasteiger partial charge >= 0.3 is 0 Å². The minimum atomic E-state index is -0.309. The minimum Gasteiger partial charge on any atom is -0.348 e. The number of H-pyrrole nitrogens is 1. The number of thioether (sulfide) groups is 1. The number of carbonyl (C=O) groups is 1. The number of para-hydroxylation sites is 2. The number of carbonyl (C=O) groups excluding carboxylic acids is 1. The van der Waals surface area contributed by atoms with E-state index in [0.29, 0.717) is 0 Å². The average molecular weight is 311 g/mol. The summed E-state index contributed by atoms with van der Waals surface area (Å²) in [5.41, 5.74) is 2.87. The Morgan fingerprint density at radius 1 is 1.09 bits per heavy atom. The van der Waals surface area contributed by atoms with Crippen LogP contribution in [-0.4, -0.2) is 34.9 Å². The van der Waals surface area contributed by atoms with Crippen LogP contribution in [0.4, 0.5) is 0 Å². The van der Waals surface area contributed by atoms with Crippen LogP contribution in [0.2, 0.25) is 0 Å². The van der Waals surface area contributed by atoms with Crippen LogP contribution in [0.15, 0.2) is 59.8 Å². The van der Waals surface area contributed by atoms with E-state index in [2.05, 4.69) is 9.97 Å². The third-order valence-electron chi connectivity index (χ3n) is 3.36. The summed E-state index contributed by atoms with van der Waals surface area (Å²) in [6, 6.07) is 17.7. The second-order valence-corrected chi connectivity index (χ2v) is 6.29. The Hall–Kier alpha value is -2.27. The topological polar surface area (TPSA) is 49.0 Å². The van der Waals surface area contributed by atoms with Gasteiger partial charge in [-0.3, -0.25) is 4.79 Å². The highest BCUT2D eigenvalue weighted by molar-refractivity contribution is 8.00. The number of imidazole rings is 1. The zero-order chi connectivity index (χ0) is 15.5. The van der Waals surface area contributed by atoms with Crippen LogP contribution in [0.3, 0.4) is 0 Å². The molecule has 112 valence electrons. The van der Waals surface area contributed by atoms with Gasteiger partial charge in [-0.1, -0.05) is 54.2 Å². The van der Waals surface area contributed by atoms with Crippen molar-refractivity contribution in [1.82, 2.24) is 14.9 Å². The van der Waals surface area contributed by atoms with Crippen molar-refractivity contribution < 1.29 is 4.79 Å². The highest BCUT2D eigenvalue weighted by atomic mass is 32.2. The summed E-state index contributed by atoms with van der Waals surface area (Å²) >= 11 is 1.45. The van der Waals surface area contributed by atoms with Crippen LogP contribution < -0.4 is 0 Å². The molecule has 1 amide bonds. The van der Waals surface area contributed by atoms with Crippen molar-refractivity contribution in [2.75, 3.05) is 14.1 Å². The number of nitrogens with zero attached hydrogens (tertiary/aromatic N) is 2. The Morgan fingerprint density at radius 2 is 1.77 bits per heavy atom. The van der Waals surface area contributed by atoms with Crippen LogP contribution in [-0.2, 0) is 4.79 Å². The van der Waals surface area contributed by atoms with Crippen molar-refractivity contribution in [3.8, 4) is 0 Å². The van der Waals surface area contributed by atoms with Crippen LogP contribution in [0.1, 0.15) is 10.8 Å². The molecule has 1 unspecified atom stereocenters. The maximum Gasteiger partial charge on any atom is 0.240 e. The van der Waals surface area contributed by atoms with E-state index in [4.69, 9.17) is 0 Å². The highest BCUT2D eigenvalue weighted by Crippen LogP contribution is 2.35. The van der Waals surface area contributed by atoms with E-state index in [1.807, 2.05) is 54.6 Å². The third kappa shape index (κ3) is 2.99. The van der Waals surface area contributed by atoms with E-state index in [-0.39, 0.29) is 11.2 Å². The van der Waals surface area contributed by atoms with E-state index < -0.39 is 0 Å². The molecule has 2 aromatic carbocycles. The molecule has 0 aliphatic rings. The van der Waals surface area contributed by atoms with Crippen molar-refractivity contribution >= 4 is 28.7 Å². The number of hydrogen-bond donors (Lipinski definition) is 1. The predicted octanol–water partition coefficient (Wildman–Crippen LogP) is 3.48. The molecule has 0 aliphatic carbocycles. The Labute approximate surface area is 133 Å². The molecule has 0 saturated carbocycles. The zero-order valence-electron chi connectivity index (χ0n) is 12.5. The summed E-state index contributed by atoms with van der Waals surface area (Å²) in [6.07, 6.45) is 0. The zero-order valence-corrected chi connectivity index (χ0v) is 13.3. The second-order valence-electron chi connectivity index (χ2n) is 5.20. The van der Waals surface area contributed by atoms with E-state index in [0.717, 1.165) is 21.8 Å². The molecule has 1 atom stereocenters. The molecule has 1 heterocycles. The van der Waals surface area contributed by atoms with Gasteiger partial charge in [-0.15, -0.1) is 0 Å². The number of aromatic nitrogens is 2. The third-order valence-corrected chi connectivity index (χ3v) is 4.49. The first-order chi connectivity index (χ1) is 10.6. The molecular weight excluding hydrogens is 294 g/mol. The van der Waals surface area contributed by atoms with Gasteiger partial charge in [0.05, 0.1) is 11.0 Å². The van der Waals surface area contributed by atoms with E-state index in [1.165, 1.54) is 11.8 Å². The van der Waals surface area contributed by atoms with Gasteiger partial charge in [-0.2, -0.15) is 0 Å². The van der Waals surface area contributed by atoms with Crippen LogP contribution >= 0.6 is 11.8 Å². The van der Waals surface area contributed by atoms with Crippen molar-refractivity contribution in [3.63, 3.8) is 0 Å². The number of hydrogen-bond acceptors (Lipinski definition) is 3. The fraction of sp³-hybridized carbons (Fsp3) is 0.176. The molecule has 5 heteroatoms. The van der Waals surface area contributed by atoms with Crippen LogP contribution in [0, 0.1) is 0 Å². The van der Waals surface area contributed by atoms with Gasteiger partial charge in [0.15, 0.2) is 5.16 Å². The van der Waals surface area contributed by atoms with Crippen molar-refractivity contribution in [1.29, 1.82) is 0 Å². The fourth-order valence-corrected chi connectivity index (χ4v) is 3.37. The van der Waals surface area contributed by atoms with Crippen molar-refractivity contribution in [2.24, 2.45) is 0 Å². The quantitative estimate of drug-likeness (QED) is 0.750. The molecule has 3 rings (SSSR count). The normalized spacial score (nSPS) is 12.3. The number of benzene rings is 2. The van der Waals surface area contributed by atoms with E-state index >= 15 is 0 Å². The first kappa shape index (κ1) is 14.7. The summed E-state index contributed by atoms with van der Waals surface area (Å²) in [5.74, 6) is 0.0525. The smallest absolute Gasteiger partial charge is 0.240 e. The Morgan fingerprint density at radius 3 is 2.45 bits per heavy atom. The molecule has 1 aromatic heterocycles. The maximum absolute atomic E-state index is 12.5. The maximum atomic E-state index is 12.5. The molecular formula is C17H17N3OS. The summed E-state index contributed by atoms with van der Waals surface area (Å²) in [6.45, 7) is 0. The monoisotopic (exact) mass is 311 g/mol. The second kappa shape index (κ2) is 6.23. The fourth-order valence-electron chi connectivity index (χ4n) is 2.22. The molecule has 3 aromatic rings. The SMILES string of the molecule is CN(C)C(=O)C(Sc1nc2ccccc2[nH]1)c1ccccc1. The lowest BCUT2D eigenvalue weighted by atomic mass is 10.1. The number of fused-ring (bicyclic) bond motifs is 1. The molecule has 4 nitrogen and oxygen atoms in total. The number of amides is 1. The number of rotatable bonds is 4. The van der Waals surface area contributed by atoms with Gasteiger partial charge in [0.25, 0.3) is 0 Å². The van der Waals surface area contributed by atoms with Crippen LogP contribution in [0.5, 0.6) is 0 Å². The molecule has 0 fully saturated rings. The van der Waals surface area contributed by atoms with E-state index in [9.17, 15) is 4.79 Å². The molecule has 0 radical (unpaired) electrons. The van der Waals surface area contributed by atoms with Gasteiger partial charge in [0.1, 0.15) is 5.25 Å². The Balaban J connectivity index is 1.94. The summed E-state index contributed by atoms with van der Waals surface area (Å²) in [5, 5.41) is 0.446. The number of likely N-dealkylation sites (N-methyl/N-ethyl adjacent to an activating group) is 1. The highest BCUT2D eigenvalue weighted by Gasteiger charge is 2.24. The predicted molar refractivity (Wildman–Crippen MR) is 89.8 cm³/mol. The van der Waals surface area contributed by atoms with Gasteiger partial charge < -0.3 is 9.88 Å². The van der Waals surface area contributed by atoms with Crippen molar-refractivity contribution in [3.05, 3.63) is 60.2 Å². The molecule has 0 saturated heterocycles. The number of aromatic amines is 1. The lowest BCUT2D eigenvalue weighted by molar-refractivity contribution is -0.128. The largest absolute Gasteiger partial charge is 0.348 e. The van der Waals surface area contributed by atoms with Crippen LogP contribution in [0.25, 0.3) is 11.0 Å². The van der Waals surface area contributed by atoms with Crippen molar-refractivity contribution in [2.45, 2.75) is 10.4 Å². The van der Waals surface area contributed by atoms with Gasteiger partial charge in [0, 0.05) is 14.1 Å². The first-order valence-corrected chi connectivity index (χ1v) is 7.90. The lowest BCUT2D eigenvalue weighted by Gasteiger charge is -2.19. The standard InChI is InChI=1S/C17H17N3OS/c1-20(2)16(21)15(12-8-4-3-5-9-12)22-17-18-13-10-6-7-11-14(13)19-17/h3-11,15H,1-2H3,(H,18,19). The first-order valence-electron chi connectivity index (χ1n) is 7.02. The Bertz CT molecular complexity index is 750. The molecule has 0 spiro atoms. The lowest BCUT2D eigenvalue weighted by Crippen LogP contribution is -2.26. The Kier molecular flexibility index (Phi) is 4.15. The molecule has 1 N–H and O–H groups in total. The van der Waals surface area contributed by atoms with Gasteiger partial charge in [-0.25, -0.2) is 4.98 Å². The summed E-state index contributed by atoms with van der Waals surface area (Å²) in [4.78, 5) is 22.0. The van der Waals surface area contributed by atoms with E-state index in [1.54, 1.807) is 19.0 Å². The average Bonchev–Trinajstić information content (AvgIpc) is 2.95. The number of nitrogens with one attached hydrogen (secondary N) is 1. The van der Waals surface area contributed by atoms with Gasteiger partial charge in [0.2, 0.25) is 5.91 Å². The minimum absolute atomic E-state index is 0.0525. The summed E-state index contributed by atoms with van der Waals surface area (Å²) in [7, 11) is 3.55. The van der Waals surface area contributed by atoms with Gasteiger partial charge in [-0.05, 0) is 17.7 Å². The molecule has 22 heavy (non-hydrogen) atoms. The molecule has 0 aliphatic heterocycles. The summed E-state index contributed by atoms with van der Waals surface area (Å²) < 4.78 is 0. The molecule has 0 bridgehead atoms.